The number of hydrogen-bond donors (Lipinski definition) is 2. The predicted molar refractivity (Wildman–Crippen MR) is 74.8 cm³/mol. The molecule has 1 aromatic carbocycles. The van der Waals surface area contributed by atoms with E-state index in [0.29, 0.717) is 17.9 Å². The summed E-state index contributed by atoms with van der Waals surface area (Å²) in [6, 6.07) is 11.4. The van der Waals surface area contributed by atoms with Gasteiger partial charge in [0.15, 0.2) is 0 Å². The lowest BCUT2D eigenvalue weighted by Gasteiger charge is -2.08. The van der Waals surface area contributed by atoms with Crippen LogP contribution in [0.3, 0.4) is 0 Å². The fourth-order valence-corrected chi connectivity index (χ4v) is 1.68. The number of rotatable bonds is 4. The molecule has 0 amide bonds. The van der Waals surface area contributed by atoms with Crippen molar-refractivity contribution in [1.82, 2.24) is 9.97 Å². The van der Waals surface area contributed by atoms with Crippen LogP contribution in [0, 0.1) is 18.3 Å². The number of aryl methyl sites for hydroxylation is 1. The van der Waals surface area contributed by atoms with Crippen molar-refractivity contribution < 1.29 is 0 Å². The van der Waals surface area contributed by atoms with Crippen molar-refractivity contribution in [1.29, 1.82) is 5.26 Å². The summed E-state index contributed by atoms with van der Waals surface area (Å²) >= 11 is 0. The smallest absolute Gasteiger partial charge is 0.132 e. The minimum atomic E-state index is 0.658. The first-order chi connectivity index (χ1) is 9.21. The number of hydrogen-bond acceptors (Lipinski definition) is 5. The van der Waals surface area contributed by atoms with Gasteiger partial charge in [-0.3, -0.25) is 0 Å². The molecule has 96 valence electrons. The van der Waals surface area contributed by atoms with Crippen molar-refractivity contribution in [2.24, 2.45) is 0 Å². The molecule has 1 aromatic heterocycles. The van der Waals surface area contributed by atoms with Crippen molar-refractivity contribution in [3.8, 4) is 6.07 Å². The highest BCUT2D eigenvalue weighted by Gasteiger charge is 2.00. The van der Waals surface area contributed by atoms with E-state index < -0.39 is 0 Å². The Bertz CT molecular complexity index is 598. The molecule has 0 aliphatic heterocycles. The Balaban J connectivity index is 2.05. The molecule has 0 spiro atoms. The molecule has 0 saturated carbocycles. The third-order valence-corrected chi connectivity index (χ3v) is 2.65. The summed E-state index contributed by atoms with van der Waals surface area (Å²) in [5, 5.41) is 15.0. The molecule has 0 unspecified atom stereocenters. The fraction of sp³-hybridized carbons (Fsp3) is 0.214. The average Bonchev–Trinajstić information content (AvgIpc) is 2.45. The largest absolute Gasteiger partial charge is 0.373 e. The highest BCUT2D eigenvalue weighted by Crippen LogP contribution is 2.12. The van der Waals surface area contributed by atoms with Crippen LogP contribution >= 0.6 is 0 Å². The first-order valence-electron chi connectivity index (χ1n) is 5.97. The highest BCUT2D eigenvalue weighted by molar-refractivity contribution is 5.47. The molecule has 0 radical (unpaired) electrons. The molecule has 0 aliphatic carbocycles. The molecule has 2 rings (SSSR count). The second-order valence-electron chi connectivity index (χ2n) is 4.10. The van der Waals surface area contributed by atoms with Gasteiger partial charge in [-0.2, -0.15) is 5.26 Å². The van der Waals surface area contributed by atoms with Gasteiger partial charge in [-0.1, -0.05) is 12.1 Å². The van der Waals surface area contributed by atoms with Crippen molar-refractivity contribution in [3.05, 3.63) is 47.3 Å². The van der Waals surface area contributed by atoms with E-state index in [0.717, 1.165) is 17.2 Å². The number of anilines is 2. The monoisotopic (exact) mass is 253 g/mol. The van der Waals surface area contributed by atoms with E-state index in [4.69, 9.17) is 5.26 Å². The Labute approximate surface area is 112 Å². The molecule has 5 heteroatoms. The molecule has 2 N–H and O–H groups in total. The van der Waals surface area contributed by atoms with Crippen LogP contribution in [-0.2, 0) is 6.54 Å². The normalized spacial score (nSPS) is 9.74. The van der Waals surface area contributed by atoms with Gasteiger partial charge in [0.2, 0.25) is 0 Å². The summed E-state index contributed by atoms with van der Waals surface area (Å²) in [5.74, 6) is 2.28. The van der Waals surface area contributed by atoms with Crippen molar-refractivity contribution in [2.75, 3.05) is 17.7 Å². The van der Waals surface area contributed by atoms with Gasteiger partial charge in [-0.15, -0.1) is 0 Å². The van der Waals surface area contributed by atoms with Crippen molar-refractivity contribution >= 4 is 11.6 Å². The second kappa shape index (κ2) is 5.83. The van der Waals surface area contributed by atoms with Crippen LogP contribution in [0.1, 0.15) is 17.0 Å². The SMILES string of the molecule is CNc1cc(NCc2ccc(C#N)cc2)nc(C)n1. The van der Waals surface area contributed by atoms with Gasteiger partial charge in [0.05, 0.1) is 11.6 Å². The Kier molecular flexibility index (Phi) is 3.94. The van der Waals surface area contributed by atoms with Gasteiger partial charge in [0.25, 0.3) is 0 Å². The molecule has 0 saturated heterocycles. The van der Waals surface area contributed by atoms with E-state index in [-0.39, 0.29) is 0 Å². The third-order valence-electron chi connectivity index (χ3n) is 2.65. The maximum Gasteiger partial charge on any atom is 0.132 e. The lowest BCUT2D eigenvalue weighted by atomic mass is 10.1. The van der Waals surface area contributed by atoms with Crippen LogP contribution in [0.5, 0.6) is 0 Å². The number of benzene rings is 1. The maximum atomic E-state index is 8.74. The van der Waals surface area contributed by atoms with Crippen molar-refractivity contribution in [2.45, 2.75) is 13.5 Å². The molecule has 2 aromatic rings. The fourth-order valence-electron chi connectivity index (χ4n) is 1.68. The van der Waals surface area contributed by atoms with Gasteiger partial charge in [0.1, 0.15) is 17.5 Å². The van der Waals surface area contributed by atoms with E-state index in [9.17, 15) is 0 Å². The molecule has 0 fully saturated rings. The molecular weight excluding hydrogens is 238 g/mol. The van der Waals surface area contributed by atoms with Gasteiger partial charge >= 0.3 is 0 Å². The summed E-state index contributed by atoms with van der Waals surface area (Å²) in [5.41, 5.74) is 1.76. The minimum Gasteiger partial charge on any atom is -0.373 e. The summed E-state index contributed by atoms with van der Waals surface area (Å²) in [4.78, 5) is 8.55. The molecule has 0 aliphatic rings. The third kappa shape index (κ3) is 3.42. The van der Waals surface area contributed by atoms with E-state index in [1.807, 2.05) is 32.2 Å². The van der Waals surface area contributed by atoms with E-state index in [1.165, 1.54) is 0 Å². The first kappa shape index (κ1) is 12.8. The Morgan fingerprint density at radius 2 is 1.84 bits per heavy atom. The van der Waals surface area contributed by atoms with E-state index in [2.05, 4.69) is 26.7 Å². The zero-order valence-electron chi connectivity index (χ0n) is 10.9. The van der Waals surface area contributed by atoms with Gasteiger partial charge < -0.3 is 10.6 Å². The van der Waals surface area contributed by atoms with E-state index >= 15 is 0 Å². The summed E-state index contributed by atoms with van der Waals surface area (Å²) in [6.07, 6.45) is 0. The Hall–Kier alpha value is -2.61. The van der Waals surface area contributed by atoms with Crippen LogP contribution in [0.4, 0.5) is 11.6 Å². The second-order valence-corrected chi connectivity index (χ2v) is 4.10. The molecule has 0 atom stereocenters. The quantitative estimate of drug-likeness (QED) is 0.874. The Morgan fingerprint density at radius 1 is 1.16 bits per heavy atom. The topological polar surface area (TPSA) is 73.6 Å². The summed E-state index contributed by atoms with van der Waals surface area (Å²) in [6.45, 7) is 2.51. The lowest BCUT2D eigenvalue weighted by Crippen LogP contribution is -2.05. The average molecular weight is 253 g/mol. The van der Waals surface area contributed by atoms with Crippen LogP contribution in [-0.4, -0.2) is 17.0 Å². The van der Waals surface area contributed by atoms with Crippen LogP contribution < -0.4 is 10.6 Å². The molecule has 19 heavy (non-hydrogen) atoms. The van der Waals surface area contributed by atoms with Crippen LogP contribution in [0.15, 0.2) is 30.3 Å². The molecule has 1 heterocycles. The zero-order valence-corrected chi connectivity index (χ0v) is 10.9. The number of nitrogens with zero attached hydrogens (tertiary/aromatic N) is 3. The van der Waals surface area contributed by atoms with Crippen LogP contribution in [0.2, 0.25) is 0 Å². The standard InChI is InChI=1S/C14H15N5/c1-10-18-13(16-2)7-14(19-10)17-9-12-5-3-11(8-15)4-6-12/h3-7H,9H2,1-2H3,(H2,16,17,18,19). The first-order valence-corrected chi connectivity index (χ1v) is 5.97. The number of aromatic nitrogens is 2. The number of nitrogens with one attached hydrogen (secondary N) is 2. The van der Waals surface area contributed by atoms with Gasteiger partial charge in [-0.05, 0) is 24.6 Å². The zero-order chi connectivity index (χ0) is 13.7. The number of nitriles is 1. The molecule has 0 bridgehead atoms. The molecular formula is C14H15N5. The predicted octanol–water partition coefficient (Wildman–Crippen LogP) is 2.31. The van der Waals surface area contributed by atoms with Crippen LogP contribution in [0.25, 0.3) is 0 Å². The lowest BCUT2D eigenvalue weighted by molar-refractivity contribution is 1.02. The Morgan fingerprint density at radius 3 is 2.47 bits per heavy atom. The summed E-state index contributed by atoms with van der Waals surface area (Å²) in [7, 11) is 1.83. The van der Waals surface area contributed by atoms with E-state index in [1.54, 1.807) is 12.1 Å². The minimum absolute atomic E-state index is 0.658. The van der Waals surface area contributed by atoms with Gasteiger partial charge in [-0.25, -0.2) is 9.97 Å². The van der Waals surface area contributed by atoms with Gasteiger partial charge in [0, 0.05) is 19.7 Å². The van der Waals surface area contributed by atoms with Crippen molar-refractivity contribution in [3.63, 3.8) is 0 Å². The summed E-state index contributed by atoms with van der Waals surface area (Å²) < 4.78 is 0. The maximum absolute atomic E-state index is 8.74. The highest BCUT2D eigenvalue weighted by atomic mass is 15.1. The molecule has 5 nitrogen and oxygen atoms in total.